The van der Waals surface area contributed by atoms with E-state index in [-0.39, 0.29) is 5.78 Å². The molecular weight excluding hydrogens is 303 g/mol. The van der Waals surface area contributed by atoms with Crippen molar-refractivity contribution in [2.24, 2.45) is 0 Å². The van der Waals surface area contributed by atoms with Crippen LogP contribution in [0.15, 0.2) is 84.9 Å². The SMILES string of the molecule is O=[P@@]1(c2ccccc2)Nc2ccccc2N[C@@H]1c1ccccc1. The van der Waals surface area contributed by atoms with E-state index in [0.717, 1.165) is 22.2 Å². The number of para-hydroxylation sites is 2. The molecule has 0 spiro atoms. The molecule has 3 aromatic carbocycles. The molecule has 0 amide bonds. The summed E-state index contributed by atoms with van der Waals surface area (Å²) < 4.78 is 14.0. The largest absolute Gasteiger partial charge is 0.368 e. The first-order valence-electron chi connectivity index (χ1n) is 7.61. The van der Waals surface area contributed by atoms with E-state index in [1.54, 1.807) is 0 Å². The minimum atomic E-state index is -2.89. The van der Waals surface area contributed by atoms with E-state index in [4.69, 9.17) is 0 Å². The van der Waals surface area contributed by atoms with Crippen molar-refractivity contribution in [1.82, 2.24) is 0 Å². The summed E-state index contributed by atoms with van der Waals surface area (Å²) in [7, 11) is -2.89. The molecule has 23 heavy (non-hydrogen) atoms. The van der Waals surface area contributed by atoms with E-state index < -0.39 is 7.29 Å². The summed E-state index contributed by atoms with van der Waals surface area (Å²) in [6.45, 7) is 0. The minimum Gasteiger partial charge on any atom is -0.368 e. The first-order chi connectivity index (χ1) is 11.3. The van der Waals surface area contributed by atoms with Gasteiger partial charge in [-0.25, -0.2) is 0 Å². The van der Waals surface area contributed by atoms with Crippen LogP contribution in [0.1, 0.15) is 11.3 Å². The maximum Gasteiger partial charge on any atom is 0.224 e. The fraction of sp³-hybridized carbons (Fsp3) is 0.0526. The van der Waals surface area contributed by atoms with Crippen molar-refractivity contribution in [3.05, 3.63) is 90.5 Å². The zero-order valence-corrected chi connectivity index (χ0v) is 13.4. The summed E-state index contributed by atoms with van der Waals surface area (Å²) in [6, 6.07) is 27.5. The Morgan fingerprint density at radius 2 is 1.26 bits per heavy atom. The van der Waals surface area contributed by atoms with Crippen LogP contribution >= 0.6 is 7.29 Å². The van der Waals surface area contributed by atoms with E-state index in [1.165, 1.54) is 0 Å². The van der Waals surface area contributed by atoms with Crippen LogP contribution in [0.25, 0.3) is 0 Å². The second kappa shape index (κ2) is 5.60. The van der Waals surface area contributed by atoms with Gasteiger partial charge in [-0.3, -0.25) is 4.57 Å². The fourth-order valence-electron chi connectivity index (χ4n) is 2.98. The zero-order chi connectivity index (χ0) is 15.7. The van der Waals surface area contributed by atoms with Crippen molar-refractivity contribution in [2.45, 2.75) is 5.78 Å². The maximum atomic E-state index is 14.0. The Labute approximate surface area is 135 Å². The molecule has 2 atom stereocenters. The topological polar surface area (TPSA) is 41.1 Å². The Morgan fingerprint density at radius 1 is 0.696 bits per heavy atom. The van der Waals surface area contributed by atoms with Gasteiger partial charge in [-0.2, -0.15) is 0 Å². The van der Waals surface area contributed by atoms with Crippen LogP contribution in [0, 0.1) is 0 Å². The lowest BCUT2D eigenvalue weighted by atomic mass is 10.2. The van der Waals surface area contributed by atoms with E-state index in [1.807, 2.05) is 84.9 Å². The van der Waals surface area contributed by atoms with Gasteiger partial charge in [0.2, 0.25) is 7.29 Å². The molecule has 4 heteroatoms. The van der Waals surface area contributed by atoms with E-state index >= 15 is 0 Å². The number of rotatable bonds is 2. The molecule has 114 valence electrons. The van der Waals surface area contributed by atoms with Gasteiger partial charge in [0.1, 0.15) is 5.78 Å². The number of fused-ring (bicyclic) bond motifs is 1. The van der Waals surface area contributed by atoms with Gasteiger partial charge in [0.25, 0.3) is 0 Å². The lowest BCUT2D eigenvalue weighted by molar-refractivity contribution is 0.578. The van der Waals surface area contributed by atoms with Gasteiger partial charge < -0.3 is 10.4 Å². The molecule has 1 aliphatic heterocycles. The monoisotopic (exact) mass is 320 g/mol. The quantitative estimate of drug-likeness (QED) is 0.665. The summed E-state index contributed by atoms with van der Waals surface area (Å²) in [5.41, 5.74) is 2.87. The Bertz CT molecular complexity index is 865. The highest BCUT2D eigenvalue weighted by atomic mass is 31.2. The van der Waals surface area contributed by atoms with Crippen molar-refractivity contribution in [3.63, 3.8) is 0 Å². The van der Waals surface area contributed by atoms with Crippen LogP contribution in [-0.2, 0) is 4.57 Å². The molecule has 1 heterocycles. The van der Waals surface area contributed by atoms with Crippen molar-refractivity contribution in [1.29, 1.82) is 0 Å². The van der Waals surface area contributed by atoms with Crippen LogP contribution in [0.3, 0.4) is 0 Å². The smallest absolute Gasteiger partial charge is 0.224 e. The third kappa shape index (κ3) is 2.43. The second-order valence-electron chi connectivity index (χ2n) is 5.61. The van der Waals surface area contributed by atoms with Gasteiger partial charge in [0.05, 0.1) is 11.4 Å². The van der Waals surface area contributed by atoms with E-state index in [9.17, 15) is 4.57 Å². The number of hydrogen-bond donors (Lipinski definition) is 2. The minimum absolute atomic E-state index is 0.291. The van der Waals surface area contributed by atoms with Crippen molar-refractivity contribution in [3.8, 4) is 0 Å². The van der Waals surface area contributed by atoms with Gasteiger partial charge in [-0.1, -0.05) is 60.7 Å². The van der Waals surface area contributed by atoms with Crippen molar-refractivity contribution in [2.75, 3.05) is 10.4 Å². The summed E-state index contributed by atoms with van der Waals surface area (Å²) in [5, 5.41) is 7.64. The number of nitrogens with one attached hydrogen (secondary N) is 2. The Morgan fingerprint density at radius 3 is 1.96 bits per heavy atom. The molecule has 3 aromatic rings. The Balaban J connectivity index is 1.89. The van der Waals surface area contributed by atoms with Gasteiger partial charge in [0, 0.05) is 5.30 Å². The highest BCUT2D eigenvalue weighted by Gasteiger charge is 2.40. The predicted octanol–water partition coefficient (Wildman–Crippen LogP) is 4.83. The molecule has 2 N–H and O–H groups in total. The van der Waals surface area contributed by atoms with E-state index in [0.29, 0.717) is 0 Å². The number of benzene rings is 3. The third-order valence-electron chi connectivity index (χ3n) is 4.12. The van der Waals surface area contributed by atoms with Gasteiger partial charge in [-0.15, -0.1) is 0 Å². The number of hydrogen-bond acceptors (Lipinski definition) is 2. The van der Waals surface area contributed by atoms with Gasteiger partial charge in [0.15, 0.2) is 0 Å². The molecule has 3 nitrogen and oxygen atoms in total. The normalized spacial score (nSPS) is 22.5. The van der Waals surface area contributed by atoms with Crippen LogP contribution in [0.5, 0.6) is 0 Å². The van der Waals surface area contributed by atoms with E-state index in [2.05, 4.69) is 10.4 Å². The Hall–Kier alpha value is -2.51. The predicted molar refractivity (Wildman–Crippen MR) is 96.6 cm³/mol. The molecule has 1 aliphatic rings. The average molecular weight is 320 g/mol. The first kappa shape index (κ1) is 14.1. The third-order valence-corrected chi connectivity index (χ3v) is 6.92. The standard InChI is InChI=1S/C19H17N2OP/c22-23(16-11-5-2-6-12-16)19(15-9-3-1-4-10-15)20-17-13-7-8-14-18(17)21-23/h1-14,19-20H,(H,21,22)/t19-,23+/m0/s1. The molecule has 0 aliphatic carbocycles. The molecule has 0 radical (unpaired) electrons. The number of anilines is 2. The van der Waals surface area contributed by atoms with Crippen LogP contribution in [0.2, 0.25) is 0 Å². The Kier molecular flexibility index (Phi) is 3.44. The fourth-order valence-corrected chi connectivity index (χ4v) is 5.62. The van der Waals surface area contributed by atoms with Crippen LogP contribution in [0.4, 0.5) is 11.4 Å². The summed E-state index contributed by atoms with van der Waals surface area (Å²) in [6.07, 6.45) is 0. The second-order valence-corrected chi connectivity index (χ2v) is 8.18. The maximum absolute atomic E-state index is 14.0. The van der Waals surface area contributed by atoms with Crippen LogP contribution in [-0.4, -0.2) is 0 Å². The molecule has 0 aromatic heterocycles. The summed E-state index contributed by atoms with van der Waals surface area (Å²) in [5.74, 6) is -0.291. The molecular formula is C19H17N2OP. The highest BCUT2D eigenvalue weighted by Crippen LogP contribution is 2.61. The summed E-state index contributed by atoms with van der Waals surface area (Å²) in [4.78, 5) is 0. The lowest BCUT2D eigenvalue weighted by Gasteiger charge is -2.36. The molecule has 4 rings (SSSR count). The van der Waals surface area contributed by atoms with Crippen LogP contribution < -0.4 is 15.7 Å². The zero-order valence-electron chi connectivity index (χ0n) is 12.5. The van der Waals surface area contributed by atoms with Gasteiger partial charge >= 0.3 is 0 Å². The molecule has 0 fully saturated rings. The molecule has 0 saturated carbocycles. The molecule has 0 saturated heterocycles. The highest BCUT2D eigenvalue weighted by molar-refractivity contribution is 7.73. The molecule has 0 bridgehead atoms. The molecule has 0 unspecified atom stereocenters. The van der Waals surface area contributed by atoms with Crippen molar-refractivity contribution >= 4 is 24.0 Å². The average Bonchev–Trinajstić information content (AvgIpc) is 2.62. The van der Waals surface area contributed by atoms with Crippen molar-refractivity contribution < 1.29 is 4.57 Å². The summed E-state index contributed by atoms with van der Waals surface area (Å²) >= 11 is 0. The lowest BCUT2D eigenvalue weighted by Crippen LogP contribution is -2.27. The first-order valence-corrected chi connectivity index (χ1v) is 9.39. The van der Waals surface area contributed by atoms with Gasteiger partial charge in [-0.05, 0) is 29.8 Å².